The average molecular weight is 306 g/mol. The van der Waals surface area contributed by atoms with Crippen molar-refractivity contribution in [2.24, 2.45) is 23.7 Å². The maximum absolute atomic E-state index is 12.7. The average Bonchev–Trinajstić information content (AvgIpc) is 3.16. The quantitative estimate of drug-likeness (QED) is 0.881. The van der Waals surface area contributed by atoms with E-state index in [0.29, 0.717) is 0 Å². The van der Waals surface area contributed by atoms with Gasteiger partial charge in [-0.1, -0.05) is 48.6 Å². The van der Waals surface area contributed by atoms with Crippen LogP contribution in [0.15, 0.2) is 54.6 Å². The first-order valence-corrected chi connectivity index (χ1v) is 7.83. The molecule has 0 heterocycles. The summed E-state index contributed by atoms with van der Waals surface area (Å²) in [6, 6.07) is 13.5. The number of carboxylic acid groups (broad SMARTS) is 1. The molecule has 0 aromatic heterocycles. The van der Waals surface area contributed by atoms with Gasteiger partial charge < -0.3 is 15.2 Å². The zero-order chi connectivity index (χ0) is 16.0. The third kappa shape index (κ3) is 2.22. The summed E-state index contributed by atoms with van der Waals surface area (Å²) in [4.78, 5) is 24.2. The molecule has 1 fully saturated rings. The molecule has 0 radical (unpaired) electrons. The van der Waals surface area contributed by atoms with E-state index in [4.69, 9.17) is 0 Å². The Kier molecular flexibility index (Phi) is 3.18. The van der Waals surface area contributed by atoms with Crippen LogP contribution in [0.25, 0.3) is 10.8 Å². The van der Waals surface area contributed by atoms with Crippen molar-refractivity contribution in [3.63, 3.8) is 0 Å². The fourth-order valence-corrected chi connectivity index (χ4v) is 4.05. The predicted octanol–water partition coefficient (Wildman–Crippen LogP) is 1.97. The lowest BCUT2D eigenvalue weighted by Crippen LogP contribution is -2.42. The summed E-state index contributed by atoms with van der Waals surface area (Å²) < 4.78 is 0. The summed E-state index contributed by atoms with van der Waals surface area (Å²) in [6.07, 6.45) is 4.61. The minimum atomic E-state index is -1.13. The molecule has 23 heavy (non-hydrogen) atoms. The number of aliphatic carboxylic acids is 1. The second-order valence-corrected chi connectivity index (χ2v) is 6.33. The Bertz CT molecular complexity index is 821. The Morgan fingerprint density at radius 1 is 0.957 bits per heavy atom. The number of nitrogens with one attached hydrogen (secondary N) is 1. The molecule has 0 saturated heterocycles. The predicted molar refractivity (Wildman–Crippen MR) is 85.3 cm³/mol. The molecule has 4 atom stereocenters. The van der Waals surface area contributed by atoms with Crippen LogP contribution in [0, 0.1) is 23.7 Å². The van der Waals surface area contributed by atoms with E-state index >= 15 is 0 Å². The number of allylic oxidation sites excluding steroid dienone is 2. The Hall–Kier alpha value is -2.62. The Balaban J connectivity index is 1.65. The van der Waals surface area contributed by atoms with Crippen molar-refractivity contribution < 1.29 is 14.7 Å². The van der Waals surface area contributed by atoms with Crippen LogP contribution < -0.4 is 10.4 Å². The highest BCUT2D eigenvalue weighted by molar-refractivity contribution is 6.04. The van der Waals surface area contributed by atoms with Gasteiger partial charge in [0.2, 0.25) is 5.91 Å². The van der Waals surface area contributed by atoms with Crippen LogP contribution in [0.1, 0.15) is 6.42 Å². The fourth-order valence-electron chi connectivity index (χ4n) is 4.05. The van der Waals surface area contributed by atoms with E-state index in [2.05, 4.69) is 5.32 Å². The second kappa shape index (κ2) is 5.23. The van der Waals surface area contributed by atoms with Gasteiger partial charge in [0.05, 0.1) is 5.92 Å². The highest BCUT2D eigenvalue weighted by atomic mass is 16.4. The van der Waals surface area contributed by atoms with Crippen molar-refractivity contribution >= 4 is 28.3 Å². The van der Waals surface area contributed by atoms with Crippen LogP contribution in [0.4, 0.5) is 5.69 Å². The van der Waals surface area contributed by atoms with Gasteiger partial charge in [-0.2, -0.15) is 0 Å². The molecule has 0 unspecified atom stereocenters. The number of anilines is 1. The maximum Gasteiger partial charge on any atom is 0.228 e. The number of carbonyl (C=O) groups is 2. The summed E-state index contributed by atoms with van der Waals surface area (Å²) >= 11 is 0. The van der Waals surface area contributed by atoms with Crippen LogP contribution in [0.2, 0.25) is 0 Å². The molecule has 1 N–H and O–H groups in total. The molecule has 2 bridgehead atoms. The van der Waals surface area contributed by atoms with Gasteiger partial charge in [0.15, 0.2) is 0 Å². The number of carbonyl (C=O) groups excluding carboxylic acids is 2. The van der Waals surface area contributed by atoms with Crippen LogP contribution in [0.3, 0.4) is 0 Å². The minimum Gasteiger partial charge on any atom is -0.550 e. The van der Waals surface area contributed by atoms with E-state index in [9.17, 15) is 14.7 Å². The molecule has 4 rings (SSSR count). The topological polar surface area (TPSA) is 69.2 Å². The molecular weight excluding hydrogens is 290 g/mol. The number of hydrogen-bond donors (Lipinski definition) is 1. The monoisotopic (exact) mass is 306 g/mol. The van der Waals surface area contributed by atoms with E-state index in [0.717, 1.165) is 22.9 Å². The molecule has 2 aromatic rings. The second-order valence-electron chi connectivity index (χ2n) is 6.33. The molecule has 2 aliphatic rings. The van der Waals surface area contributed by atoms with Gasteiger partial charge in [-0.05, 0) is 29.7 Å². The highest BCUT2D eigenvalue weighted by Gasteiger charge is 2.48. The van der Waals surface area contributed by atoms with Crippen LogP contribution in [-0.4, -0.2) is 11.9 Å². The van der Waals surface area contributed by atoms with E-state index < -0.39 is 17.8 Å². The Morgan fingerprint density at radius 3 is 2.43 bits per heavy atom. The SMILES string of the molecule is O=C([O-])[C@@H]1[C@H](C(=O)Nc2cccc3ccccc23)[C@H]2C=C[C@H]1C2. The molecule has 2 aliphatic carbocycles. The summed E-state index contributed by atoms with van der Waals surface area (Å²) in [5, 5.41) is 16.4. The first-order valence-electron chi connectivity index (χ1n) is 7.83. The third-order valence-corrected chi connectivity index (χ3v) is 5.08. The first-order chi connectivity index (χ1) is 11.1. The molecular formula is C19H16NO3-. The normalized spacial score (nSPS) is 28.2. The molecule has 1 amide bonds. The van der Waals surface area contributed by atoms with E-state index in [1.54, 1.807) is 0 Å². The van der Waals surface area contributed by atoms with Crippen molar-refractivity contribution in [2.75, 3.05) is 5.32 Å². The van der Waals surface area contributed by atoms with E-state index in [1.165, 1.54) is 0 Å². The molecule has 4 heteroatoms. The molecule has 0 spiro atoms. The zero-order valence-electron chi connectivity index (χ0n) is 12.4. The minimum absolute atomic E-state index is 0.00197. The summed E-state index contributed by atoms with van der Waals surface area (Å²) in [7, 11) is 0. The van der Waals surface area contributed by atoms with Crippen molar-refractivity contribution in [3.8, 4) is 0 Å². The number of carboxylic acids is 1. The Labute approximate surface area is 133 Å². The van der Waals surface area contributed by atoms with Crippen LogP contribution in [-0.2, 0) is 9.59 Å². The van der Waals surface area contributed by atoms with Gasteiger partial charge in [0.1, 0.15) is 0 Å². The number of hydrogen-bond acceptors (Lipinski definition) is 3. The number of fused-ring (bicyclic) bond motifs is 3. The van der Waals surface area contributed by atoms with Crippen molar-refractivity contribution in [1.82, 2.24) is 0 Å². The largest absolute Gasteiger partial charge is 0.550 e. The van der Waals surface area contributed by atoms with Gasteiger partial charge in [-0.25, -0.2) is 0 Å². The highest BCUT2D eigenvalue weighted by Crippen LogP contribution is 2.48. The molecule has 1 saturated carbocycles. The summed E-state index contributed by atoms with van der Waals surface area (Å²) in [6.45, 7) is 0. The fraction of sp³-hybridized carbons (Fsp3) is 0.263. The smallest absolute Gasteiger partial charge is 0.228 e. The third-order valence-electron chi connectivity index (χ3n) is 5.08. The van der Waals surface area contributed by atoms with Crippen molar-refractivity contribution in [2.45, 2.75) is 6.42 Å². The van der Waals surface area contributed by atoms with Gasteiger partial charge in [-0.3, -0.25) is 4.79 Å². The molecule has 2 aromatic carbocycles. The zero-order valence-corrected chi connectivity index (χ0v) is 12.4. The molecule has 4 nitrogen and oxygen atoms in total. The van der Waals surface area contributed by atoms with Crippen molar-refractivity contribution in [3.05, 3.63) is 54.6 Å². The first kappa shape index (κ1) is 14.0. The van der Waals surface area contributed by atoms with Gasteiger partial charge in [0, 0.05) is 23.0 Å². The van der Waals surface area contributed by atoms with Gasteiger partial charge in [0.25, 0.3) is 0 Å². The summed E-state index contributed by atoms with van der Waals surface area (Å²) in [5.74, 6) is -2.70. The lowest BCUT2D eigenvalue weighted by Gasteiger charge is -2.28. The standard InChI is InChI=1S/C19H17NO3/c21-18(16-12-8-9-13(10-12)17(16)19(22)23)20-15-7-3-5-11-4-1-2-6-14(11)15/h1-9,12-13,16-17H,10H2,(H,20,21)(H,22,23)/p-1/t12-,13-,16+,17-/m0/s1. The summed E-state index contributed by atoms with van der Waals surface area (Å²) in [5.41, 5.74) is 0.719. The number of benzene rings is 2. The lowest BCUT2D eigenvalue weighted by molar-refractivity contribution is -0.313. The molecule has 116 valence electrons. The Morgan fingerprint density at radius 2 is 1.65 bits per heavy atom. The van der Waals surface area contributed by atoms with Gasteiger partial charge >= 0.3 is 0 Å². The van der Waals surface area contributed by atoms with Gasteiger partial charge in [-0.15, -0.1) is 0 Å². The van der Waals surface area contributed by atoms with Crippen LogP contribution >= 0.6 is 0 Å². The molecule has 0 aliphatic heterocycles. The van der Waals surface area contributed by atoms with E-state index in [-0.39, 0.29) is 17.7 Å². The number of amides is 1. The van der Waals surface area contributed by atoms with Crippen LogP contribution in [0.5, 0.6) is 0 Å². The number of rotatable bonds is 3. The van der Waals surface area contributed by atoms with Crippen molar-refractivity contribution in [1.29, 1.82) is 0 Å². The van der Waals surface area contributed by atoms with E-state index in [1.807, 2.05) is 54.6 Å². The maximum atomic E-state index is 12.7. The lowest BCUT2D eigenvalue weighted by atomic mass is 9.82.